The first-order valence-electron chi connectivity index (χ1n) is 9.90. The number of hydrogen-bond acceptors (Lipinski definition) is 5. The van der Waals surface area contributed by atoms with E-state index in [1.54, 1.807) is 60.5 Å². The maximum absolute atomic E-state index is 12.7. The second-order valence-electron chi connectivity index (χ2n) is 7.67. The normalized spacial score (nSPS) is 15.9. The van der Waals surface area contributed by atoms with Gasteiger partial charge in [-0.15, -0.1) is 0 Å². The molecule has 7 heteroatoms. The number of amides is 2. The van der Waals surface area contributed by atoms with E-state index in [2.05, 4.69) is 5.32 Å². The molecule has 0 aliphatic carbocycles. The van der Waals surface area contributed by atoms with Gasteiger partial charge in [-0.25, -0.2) is 4.79 Å². The van der Waals surface area contributed by atoms with Crippen molar-refractivity contribution in [3.8, 4) is 5.75 Å². The van der Waals surface area contributed by atoms with Crippen LogP contribution in [0.5, 0.6) is 5.75 Å². The standard InChI is InChI=1S/C23H26N2O5/c1-15(2)14-30-23(28)16-5-4-6-18(11-16)24-22(27)17-12-21(26)25(13-17)19-7-9-20(29-3)10-8-19/h4-11,15,17H,12-14H2,1-3H3,(H,24,27)/t17-/m0/s1. The molecule has 1 atom stereocenters. The van der Waals surface area contributed by atoms with Gasteiger partial charge in [0.25, 0.3) is 0 Å². The monoisotopic (exact) mass is 410 g/mol. The van der Waals surface area contributed by atoms with Crippen LogP contribution in [0.2, 0.25) is 0 Å². The van der Waals surface area contributed by atoms with Crippen molar-refractivity contribution in [2.24, 2.45) is 11.8 Å². The number of carbonyl (C=O) groups is 3. The molecule has 1 aliphatic rings. The summed E-state index contributed by atoms with van der Waals surface area (Å²) in [5.74, 6) is -0.326. The van der Waals surface area contributed by atoms with Crippen molar-refractivity contribution >= 4 is 29.2 Å². The fourth-order valence-electron chi connectivity index (χ4n) is 3.19. The van der Waals surface area contributed by atoms with Gasteiger partial charge in [-0.05, 0) is 48.4 Å². The molecule has 1 saturated heterocycles. The molecule has 1 heterocycles. The second-order valence-corrected chi connectivity index (χ2v) is 7.67. The molecular formula is C23H26N2O5. The van der Waals surface area contributed by atoms with E-state index < -0.39 is 11.9 Å². The minimum Gasteiger partial charge on any atom is -0.497 e. The number of rotatable bonds is 7. The minimum absolute atomic E-state index is 0.105. The summed E-state index contributed by atoms with van der Waals surface area (Å²) in [6.07, 6.45) is 0.133. The van der Waals surface area contributed by atoms with E-state index in [0.717, 1.165) is 5.69 Å². The van der Waals surface area contributed by atoms with Crippen molar-refractivity contribution in [1.29, 1.82) is 0 Å². The summed E-state index contributed by atoms with van der Waals surface area (Å²) in [4.78, 5) is 38.9. The van der Waals surface area contributed by atoms with Crippen molar-refractivity contribution in [3.63, 3.8) is 0 Å². The van der Waals surface area contributed by atoms with Gasteiger partial charge in [0, 0.05) is 24.3 Å². The third-order valence-corrected chi connectivity index (χ3v) is 4.79. The first-order valence-corrected chi connectivity index (χ1v) is 9.90. The highest BCUT2D eigenvalue weighted by Gasteiger charge is 2.35. The van der Waals surface area contributed by atoms with E-state index >= 15 is 0 Å². The van der Waals surface area contributed by atoms with Gasteiger partial charge in [-0.2, -0.15) is 0 Å². The number of nitrogens with one attached hydrogen (secondary N) is 1. The van der Waals surface area contributed by atoms with E-state index in [1.165, 1.54) is 0 Å². The zero-order valence-corrected chi connectivity index (χ0v) is 17.4. The Balaban J connectivity index is 1.63. The maximum atomic E-state index is 12.7. The summed E-state index contributed by atoms with van der Waals surface area (Å²) in [7, 11) is 1.58. The predicted octanol–water partition coefficient (Wildman–Crippen LogP) is 3.50. The number of hydrogen-bond donors (Lipinski definition) is 1. The number of carbonyl (C=O) groups excluding carboxylic acids is 3. The van der Waals surface area contributed by atoms with Crippen molar-refractivity contribution in [1.82, 2.24) is 0 Å². The van der Waals surface area contributed by atoms with Gasteiger partial charge in [-0.1, -0.05) is 19.9 Å². The van der Waals surface area contributed by atoms with E-state index in [-0.39, 0.29) is 24.2 Å². The lowest BCUT2D eigenvalue weighted by Crippen LogP contribution is -2.28. The molecule has 0 saturated carbocycles. The molecule has 0 aromatic heterocycles. The molecule has 0 spiro atoms. The molecule has 158 valence electrons. The molecule has 7 nitrogen and oxygen atoms in total. The fourth-order valence-corrected chi connectivity index (χ4v) is 3.19. The van der Waals surface area contributed by atoms with Gasteiger partial charge in [-0.3, -0.25) is 9.59 Å². The number of benzene rings is 2. The maximum Gasteiger partial charge on any atom is 0.338 e. The van der Waals surface area contributed by atoms with Crippen LogP contribution in [-0.2, 0) is 14.3 Å². The Morgan fingerprint density at radius 1 is 1.17 bits per heavy atom. The summed E-state index contributed by atoms with van der Waals surface area (Å²) in [5, 5.41) is 2.81. The van der Waals surface area contributed by atoms with Gasteiger partial charge >= 0.3 is 5.97 Å². The summed E-state index contributed by atoms with van der Waals surface area (Å²) < 4.78 is 10.4. The molecule has 30 heavy (non-hydrogen) atoms. The SMILES string of the molecule is COc1ccc(N2C[C@@H](C(=O)Nc3cccc(C(=O)OCC(C)C)c3)CC2=O)cc1. The van der Waals surface area contributed by atoms with Gasteiger partial charge < -0.3 is 19.7 Å². The molecule has 1 aliphatic heterocycles. The Morgan fingerprint density at radius 2 is 1.90 bits per heavy atom. The van der Waals surface area contributed by atoms with Crippen LogP contribution in [0.4, 0.5) is 11.4 Å². The van der Waals surface area contributed by atoms with Crippen LogP contribution in [0.1, 0.15) is 30.6 Å². The van der Waals surface area contributed by atoms with Crippen molar-refractivity contribution in [2.75, 3.05) is 30.5 Å². The second kappa shape index (κ2) is 9.43. The topological polar surface area (TPSA) is 84.9 Å². The Hall–Kier alpha value is -3.35. The lowest BCUT2D eigenvalue weighted by Gasteiger charge is -2.17. The lowest BCUT2D eigenvalue weighted by molar-refractivity contribution is -0.122. The summed E-state index contributed by atoms with van der Waals surface area (Å²) in [5.41, 5.74) is 1.59. The lowest BCUT2D eigenvalue weighted by atomic mass is 10.1. The average molecular weight is 410 g/mol. The quantitative estimate of drug-likeness (QED) is 0.706. The molecule has 2 amide bonds. The molecule has 1 N–H and O–H groups in total. The van der Waals surface area contributed by atoms with Crippen LogP contribution in [0.15, 0.2) is 48.5 Å². The van der Waals surface area contributed by atoms with Crippen LogP contribution < -0.4 is 15.0 Å². The van der Waals surface area contributed by atoms with E-state index in [4.69, 9.17) is 9.47 Å². The van der Waals surface area contributed by atoms with E-state index in [1.807, 2.05) is 13.8 Å². The molecule has 0 radical (unpaired) electrons. The zero-order valence-electron chi connectivity index (χ0n) is 17.4. The highest BCUT2D eigenvalue weighted by atomic mass is 16.5. The van der Waals surface area contributed by atoms with Gasteiger partial charge in [0.2, 0.25) is 11.8 Å². The third-order valence-electron chi connectivity index (χ3n) is 4.79. The molecule has 2 aromatic carbocycles. The Kier molecular flexibility index (Phi) is 6.72. The summed E-state index contributed by atoms with van der Waals surface area (Å²) >= 11 is 0. The Labute approximate surface area is 176 Å². The highest BCUT2D eigenvalue weighted by Crippen LogP contribution is 2.27. The van der Waals surface area contributed by atoms with Crippen molar-refractivity contribution < 1.29 is 23.9 Å². The fraction of sp³-hybridized carbons (Fsp3) is 0.348. The molecular weight excluding hydrogens is 384 g/mol. The average Bonchev–Trinajstić information content (AvgIpc) is 3.14. The molecule has 0 bridgehead atoms. The van der Waals surface area contributed by atoms with Crippen LogP contribution >= 0.6 is 0 Å². The zero-order chi connectivity index (χ0) is 21.7. The van der Waals surface area contributed by atoms with E-state index in [9.17, 15) is 14.4 Å². The van der Waals surface area contributed by atoms with Crippen LogP contribution in [0.3, 0.4) is 0 Å². The molecule has 0 unspecified atom stereocenters. The first-order chi connectivity index (χ1) is 14.4. The summed E-state index contributed by atoms with van der Waals surface area (Å²) in [6.45, 7) is 4.55. The third kappa shape index (κ3) is 5.17. The number of methoxy groups -OCH3 is 1. The van der Waals surface area contributed by atoms with E-state index in [0.29, 0.717) is 30.2 Å². The number of anilines is 2. The first kappa shape index (κ1) is 21.4. The largest absolute Gasteiger partial charge is 0.497 e. The highest BCUT2D eigenvalue weighted by molar-refractivity contribution is 6.04. The van der Waals surface area contributed by atoms with Crippen molar-refractivity contribution in [3.05, 3.63) is 54.1 Å². The summed E-state index contributed by atoms with van der Waals surface area (Å²) in [6, 6.07) is 13.8. The van der Waals surface area contributed by atoms with Gasteiger partial charge in [0.15, 0.2) is 0 Å². The van der Waals surface area contributed by atoms with Crippen LogP contribution in [0, 0.1) is 11.8 Å². The molecule has 1 fully saturated rings. The Bertz CT molecular complexity index is 923. The smallest absolute Gasteiger partial charge is 0.338 e. The minimum atomic E-state index is -0.476. The molecule has 3 rings (SSSR count). The predicted molar refractivity (Wildman–Crippen MR) is 114 cm³/mol. The van der Waals surface area contributed by atoms with Gasteiger partial charge in [0.05, 0.1) is 25.2 Å². The van der Waals surface area contributed by atoms with Crippen molar-refractivity contribution in [2.45, 2.75) is 20.3 Å². The molecule has 2 aromatic rings. The number of esters is 1. The van der Waals surface area contributed by atoms with Gasteiger partial charge in [0.1, 0.15) is 5.75 Å². The number of ether oxygens (including phenoxy) is 2. The Morgan fingerprint density at radius 3 is 2.57 bits per heavy atom. The number of nitrogens with zero attached hydrogens (tertiary/aromatic N) is 1. The van der Waals surface area contributed by atoms with Crippen LogP contribution in [0.25, 0.3) is 0 Å². The van der Waals surface area contributed by atoms with Crippen LogP contribution in [-0.4, -0.2) is 38.0 Å².